The van der Waals surface area contributed by atoms with Crippen molar-refractivity contribution in [1.29, 1.82) is 0 Å². The number of nitrogens with two attached hydrogens (primary N) is 1. The summed E-state index contributed by atoms with van der Waals surface area (Å²) < 4.78 is 5.22. The van der Waals surface area contributed by atoms with Crippen LogP contribution in [0.4, 0.5) is 5.69 Å². The molecule has 0 aliphatic carbocycles. The first-order chi connectivity index (χ1) is 11.0. The molecule has 5 nitrogen and oxygen atoms in total. The van der Waals surface area contributed by atoms with Gasteiger partial charge in [-0.3, -0.25) is 9.59 Å². The Kier molecular flexibility index (Phi) is 5.36. The Bertz CT molecular complexity index is 711. The third-order valence-electron chi connectivity index (χ3n) is 3.31. The molecule has 0 aromatic heterocycles. The molecule has 0 fully saturated rings. The number of carbonyl (C=O) groups excluding carboxylic acids is 2. The smallest absolute Gasteiger partial charge is 0.255 e. The van der Waals surface area contributed by atoms with Crippen LogP contribution in [0.15, 0.2) is 48.5 Å². The Balaban J connectivity index is 2.15. The van der Waals surface area contributed by atoms with Gasteiger partial charge >= 0.3 is 0 Å². The minimum absolute atomic E-state index is 0.221. The van der Waals surface area contributed by atoms with Crippen molar-refractivity contribution in [1.82, 2.24) is 0 Å². The Morgan fingerprint density at radius 3 is 2.57 bits per heavy atom. The van der Waals surface area contributed by atoms with E-state index in [2.05, 4.69) is 19.2 Å². The summed E-state index contributed by atoms with van der Waals surface area (Å²) >= 11 is 0. The van der Waals surface area contributed by atoms with E-state index in [1.54, 1.807) is 24.3 Å². The number of ether oxygens (including phenoxy) is 1. The van der Waals surface area contributed by atoms with Crippen molar-refractivity contribution in [2.75, 3.05) is 11.9 Å². The zero-order valence-corrected chi connectivity index (χ0v) is 13.2. The van der Waals surface area contributed by atoms with Gasteiger partial charge in [0.05, 0.1) is 0 Å². The summed E-state index contributed by atoms with van der Waals surface area (Å²) in [6, 6.07) is 14.3. The molecule has 0 atom stereocenters. The molecular weight excluding hydrogens is 292 g/mol. The van der Waals surface area contributed by atoms with E-state index in [0.29, 0.717) is 17.2 Å². The Morgan fingerprint density at radius 2 is 1.87 bits per heavy atom. The third kappa shape index (κ3) is 4.57. The zero-order chi connectivity index (χ0) is 16.8. The van der Waals surface area contributed by atoms with Crippen LogP contribution < -0.4 is 15.8 Å². The Labute approximate surface area is 135 Å². The average molecular weight is 312 g/mol. The fourth-order valence-electron chi connectivity index (χ4n) is 2.19. The highest BCUT2D eigenvalue weighted by atomic mass is 16.5. The molecule has 3 N–H and O–H groups in total. The maximum Gasteiger partial charge on any atom is 0.255 e. The number of hydrogen-bond acceptors (Lipinski definition) is 3. The van der Waals surface area contributed by atoms with E-state index in [1.165, 1.54) is 0 Å². The summed E-state index contributed by atoms with van der Waals surface area (Å²) in [5.74, 6) is -0.0707. The van der Waals surface area contributed by atoms with Crippen molar-refractivity contribution in [2.45, 2.75) is 19.8 Å². The van der Waals surface area contributed by atoms with Gasteiger partial charge in [0.2, 0.25) is 0 Å². The summed E-state index contributed by atoms with van der Waals surface area (Å²) in [6.45, 7) is 3.92. The lowest BCUT2D eigenvalue weighted by molar-refractivity contribution is -0.119. The van der Waals surface area contributed by atoms with Gasteiger partial charge in [-0.25, -0.2) is 0 Å². The maximum atomic E-state index is 12.4. The SMILES string of the molecule is CC(C)c1ccccc1NC(=O)c1cccc(OCC(N)=O)c1. The highest BCUT2D eigenvalue weighted by Crippen LogP contribution is 2.24. The topological polar surface area (TPSA) is 81.4 Å². The summed E-state index contributed by atoms with van der Waals surface area (Å²) in [5, 5.41) is 2.91. The van der Waals surface area contributed by atoms with Crippen LogP contribution >= 0.6 is 0 Å². The van der Waals surface area contributed by atoms with E-state index in [1.807, 2.05) is 24.3 Å². The van der Waals surface area contributed by atoms with Crippen molar-refractivity contribution in [3.05, 3.63) is 59.7 Å². The first-order valence-corrected chi connectivity index (χ1v) is 7.39. The lowest BCUT2D eigenvalue weighted by Crippen LogP contribution is -2.20. The molecule has 120 valence electrons. The quantitative estimate of drug-likeness (QED) is 0.860. The Morgan fingerprint density at radius 1 is 1.13 bits per heavy atom. The van der Waals surface area contributed by atoms with E-state index in [-0.39, 0.29) is 12.5 Å². The monoisotopic (exact) mass is 312 g/mol. The van der Waals surface area contributed by atoms with E-state index in [4.69, 9.17) is 10.5 Å². The predicted molar refractivity (Wildman–Crippen MR) is 89.6 cm³/mol. The Hall–Kier alpha value is -2.82. The van der Waals surface area contributed by atoms with Crippen molar-refractivity contribution in [2.24, 2.45) is 5.73 Å². The number of nitrogens with one attached hydrogen (secondary N) is 1. The van der Waals surface area contributed by atoms with Gasteiger partial charge in [0.1, 0.15) is 5.75 Å². The molecule has 0 radical (unpaired) electrons. The molecule has 0 aliphatic heterocycles. The summed E-state index contributed by atoms with van der Waals surface area (Å²) in [7, 11) is 0. The van der Waals surface area contributed by atoms with Crippen LogP contribution in [0.3, 0.4) is 0 Å². The highest BCUT2D eigenvalue weighted by molar-refractivity contribution is 6.04. The van der Waals surface area contributed by atoms with E-state index >= 15 is 0 Å². The number of primary amides is 1. The van der Waals surface area contributed by atoms with Gasteiger partial charge in [-0.05, 0) is 35.7 Å². The molecular formula is C18H20N2O3. The van der Waals surface area contributed by atoms with Gasteiger partial charge in [-0.2, -0.15) is 0 Å². The summed E-state index contributed by atoms with van der Waals surface area (Å²) in [4.78, 5) is 23.2. The fourth-order valence-corrected chi connectivity index (χ4v) is 2.19. The molecule has 2 aromatic rings. The molecule has 0 spiro atoms. The minimum Gasteiger partial charge on any atom is -0.484 e. The third-order valence-corrected chi connectivity index (χ3v) is 3.31. The molecule has 23 heavy (non-hydrogen) atoms. The molecule has 0 unspecified atom stereocenters. The lowest BCUT2D eigenvalue weighted by Gasteiger charge is -2.14. The molecule has 0 saturated heterocycles. The number of carbonyl (C=O) groups is 2. The van der Waals surface area contributed by atoms with Crippen LogP contribution in [-0.2, 0) is 4.79 Å². The number of anilines is 1. The van der Waals surface area contributed by atoms with Crippen LogP contribution in [0.1, 0.15) is 35.7 Å². The highest BCUT2D eigenvalue weighted by Gasteiger charge is 2.11. The van der Waals surface area contributed by atoms with Gasteiger partial charge in [-0.15, -0.1) is 0 Å². The molecule has 0 aliphatic rings. The molecule has 2 amide bonds. The summed E-state index contributed by atoms with van der Waals surface area (Å²) in [5.41, 5.74) is 7.35. The van der Waals surface area contributed by atoms with Crippen molar-refractivity contribution < 1.29 is 14.3 Å². The standard InChI is InChI=1S/C18H20N2O3/c1-12(2)15-8-3-4-9-16(15)20-18(22)13-6-5-7-14(10-13)23-11-17(19)21/h3-10,12H,11H2,1-2H3,(H2,19,21)(H,20,22). The fraction of sp³-hybridized carbons (Fsp3) is 0.222. The molecule has 2 aromatic carbocycles. The van der Waals surface area contributed by atoms with Crippen LogP contribution in [-0.4, -0.2) is 18.4 Å². The number of amides is 2. The van der Waals surface area contributed by atoms with Gasteiger partial charge < -0.3 is 15.8 Å². The lowest BCUT2D eigenvalue weighted by atomic mass is 10.0. The van der Waals surface area contributed by atoms with Crippen LogP contribution in [0, 0.1) is 0 Å². The molecule has 5 heteroatoms. The number of rotatable bonds is 6. The van der Waals surface area contributed by atoms with Gasteiger partial charge in [0.15, 0.2) is 6.61 Å². The van der Waals surface area contributed by atoms with Crippen LogP contribution in [0.2, 0.25) is 0 Å². The first-order valence-electron chi connectivity index (χ1n) is 7.39. The average Bonchev–Trinajstić information content (AvgIpc) is 2.53. The summed E-state index contributed by atoms with van der Waals surface area (Å²) in [6.07, 6.45) is 0. The van der Waals surface area contributed by atoms with Crippen LogP contribution in [0.5, 0.6) is 5.75 Å². The normalized spacial score (nSPS) is 10.4. The van der Waals surface area contributed by atoms with Gasteiger partial charge in [-0.1, -0.05) is 38.1 Å². The molecule has 0 heterocycles. The number of hydrogen-bond donors (Lipinski definition) is 2. The predicted octanol–water partition coefficient (Wildman–Crippen LogP) is 2.93. The minimum atomic E-state index is -0.564. The van der Waals surface area contributed by atoms with E-state index in [0.717, 1.165) is 11.3 Å². The van der Waals surface area contributed by atoms with E-state index in [9.17, 15) is 9.59 Å². The maximum absolute atomic E-state index is 12.4. The van der Waals surface area contributed by atoms with Crippen molar-refractivity contribution >= 4 is 17.5 Å². The second-order valence-electron chi connectivity index (χ2n) is 5.48. The van der Waals surface area contributed by atoms with Crippen molar-refractivity contribution in [3.8, 4) is 5.75 Å². The van der Waals surface area contributed by atoms with E-state index < -0.39 is 5.91 Å². The molecule has 0 bridgehead atoms. The van der Waals surface area contributed by atoms with Crippen molar-refractivity contribution in [3.63, 3.8) is 0 Å². The van der Waals surface area contributed by atoms with Gasteiger partial charge in [0.25, 0.3) is 11.8 Å². The zero-order valence-electron chi connectivity index (χ0n) is 13.2. The van der Waals surface area contributed by atoms with Crippen LogP contribution in [0.25, 0.3) is 0 Å². The molecule has 2 rings (SSSR count). The number of benzene rings is 2. The second kappa shape index (κ2) is 7.45. The second-order valence-corrected chi connectivity index (χ2v) is 5.48. The van der Waals surface area contributed by atoms with Gasteiger partial charge in [0, 0.05) is 11.3 Å². The molecule has 0 saturated carbocycles. The number of para-hydroxylation sites is 1. The largest absolute Gasteiger partial charge is 0.484 e. The first kappa shape index (κ1) is 16.5.